The Labute approximate surface area is 78.7 Å². The molecule has 0 saturated heterocycles. The minimum atomic E-state index is -0.637. The molecule has 0 radical (unpaired) electrons. The van der Waals surface area contributed by atoms with E-state index in [1.807, 2.05) is 13.1 Å². The third-order valence-corrected chi connectivity index (χ3v) is 1.40. The third kappa shape index (κ3) is 5.94. The second kappa shape index (κ2) is 7.38. The largest absolute Gasteiger partial charge is 0.400 e. The number of terminal acetylenes is 1. The molecular formula is C10H15FN2. The van der Waals surface area contributed by atoms with Crippen LogP contribution < -0.4 is 11.1 Å². The van der Waals surface area contributed by atoms with Crippen LogP contribution in [0.5, 0.6) is 0 Å². The highest BCUT2D eigenvalue weighted by molar-refractivity contribution is 5.26. The van der Waals surface area contributed by atoms with Crippen molar-refractivity contribution >= 4 is 0 Å². The fourth-order valence-electron chi connectivity index (χ4n) is 0.810. The Morgan fingerprint density at radius 1 is 1.69 bits per heavy atom. The van der Waals surface area contributed by atoms with Crippen molar-refractivity contribution in [3.05, 3.63) is 23.4 Å². The highest BCUT2D eigenvalue weighted by Crippen LogP contribution is 2.03. The highest BCUT2D eigenvalue weighted by Gasteiger charge is 1.93. The Balaban J connectivity index is 4.34. The fraction of sp³-hybridized carbons (Fsp3) is 0.400. The first-order valence-electron chi connectivity index (χ1n) is 4.03. The van der Waals surface area contributed by atoms with E-state index in [0.29, 0.717) is 13.0 Å². The molecule has 0 aliphatic carbocycles. The van der Waals surface area contributed by atoms with Crippen molar-refractivity contribution in [3.63, 3.8) is 0 Å². The molecule has 0 unspecified atom stereocenters. The Kier molecular flexibility index (Phi) is 6.66. The fourth-order valence-corrected chi connectivity index (χ4v) is 0.810. The van der Waals surface area contributed by atoms with Crippen LogP contribution in [0, 0.1) is 12.3 Å². The van der Waals surface area contributed by atoms with Crippen LogP contribution in [0.3, 0.4) is 0 Å². The standard InChI is InChI=1S/C10H15FN2/c1-3-4-9(5-6-13-2)7-10(12)8-11/h1,5,7,13H,4,6,8,12H2,2H3/b9-5-,10-7+. The smallest absolute Gasteiger partial charge is 0.129 e. The first-order chi connectivity index (χ1) is 6.24. The average molecular weight is 182 g/mol. The molecule has 0 aromatic carbocycles. The maximum absolute atomic E-state index is 12.0. The molecule has 0 fully saturated rings. The molecular weight excluding hydrogens is 167 g/mol. The number of rotatable bonds is 5. The third-order valence-electron chi connectivity index (χ3n) is 1.40. The SMILES string of the molecule is C#CCC(=C/CNC)/C=C(/N)CF. The summed E-state index contributed by atoms with van der Waals surface area (Å²) in [5.41, 5.74) is 6.41. The summed E-state index contributed by atoms with van der Waals surface area (Å²) in [6, 6.07) is 0. The van der Waals surface area contributed by atoms with Crippen LogP contribution in [-0.4, -0.2) is 20.3 Å². The van der Waals surface area contributed by atoms with E-state index >= 15 is 0 Å². The number of alkyl halides is 1. The van der Waals surface area contributed by atoms with Gasteiger partial charge in [0.05, 0.1) is 0 Å². The van der Waals surface area contributed by atoms with E-state index < -0.39 is 6.67 Å². The first-order valence-corrected chi connectivity index (χ1v) is 4.03. The molecule has 3 heteroatoms. The molecule has 0 saturated carbocycles. The molecule has 0 rings (SSSR count). The van der Waals surface area contributed by atoms with Crippen molar-refractivity contribution in [3.8, 4) is 12.3 Å². The molecule has 0 bridgehead atoms. The van der Waals surface area contributed by atoms with E-state index in [0.717, 1.165) is 5.57 Å². The molecule has 0 spiro atoms. The van der Waals surface area contributed by atoms with Crippen LogP contribution in [0.1, 0.15) is 6.42 Å². The van der Waals surface area contributed by atoms with Gasteiger partial charge in [-0.05, 0) is 18.7 Å². The van der Waals surface area contributed by atoms with Crippen molar-refractivity contribution in [2.24, 2.45) is 5.73 Å². The van der Waals surface area contributed by atoms with E-state index in [1.54, 1.807) is 6.08 Å². The van der Waals surface area contributed by atoms with Gasteiger partial charge in [-0.1, -0.05) is 6.08 Å². The summed E-state index contributed by atoms with van der Waals surface area (Å²) in [7, 11) is 1.83. The maximum atomic E-state index is 12.0. The number of nitrogens with two attached hydrogens (primary N) is 1. The van der Waals surface area contributed by atoms with Gasteiger partial charge in [-0.25, -0.2) is 4.39 Å². The Morgan fingerprint density at radius 3 is 2.85 bits per heavy atom. The molecule has 0 aromatic heterocycles. The summed E-state index contributed by atoms with van der Waals surface area (Å²) in [4.78, 5) is 0. The summed E-state index contributed by atoms with van der Waals surface area (Å²) in [5.74, 6) is 2.49. The van der Waals surface area contributed by atoms with Gasteiger partial charge in [0.1, 0.15) is 6.67 Å². The zero-order valence-corrected chi connectivity index (χ0v) is 7.81. The van der Waals surface area contributed by atoms with Crippen LogP contribution in [0.25, 0.3) is 0 Å². The predicted octanol–water partition coefficient (Wildman–Crippen LogP) is 0.968. The number of allylic oxidation sites excluding steroid dienone is 3. The van der Waals surface area contributed by atoms with Crippen LogP contribution in [0.15, 0.2) is 23.4 Å². The van der Waals surface area contributed by atoms with Crippen LogP contribution in [-0.2, 0) is 0 Å². The molecule has 2 nitrogen and oxygen atoms in total. The van der Waals surface area contributed by atoms with Crippen LogP contribution >= 0.6 is 0 Å². The summed E-state index contributed by atoms with van der Waals surface area (Å²) in [6.07, 6.45) is 9.09. The zero-order chi connectivity index (χ0) is 10.1. The van der Waals surface area contributed by atoms with Crippen LogP contribution in [0.2, 0.25) is 0 Å². The molecule has 0 aromatic rings. The Hall–Kier alpha value is -1.27. The quantitative estimate of drug-likeness (QED) is 0.491. The van der Waals surface area contributed by atoms with Crippen molar-refractivity contribution < 1.29 is 4.39 Å². The molecule has 0 heterocycles. The van der Waals surface area contributed by atoms with Crippen molar-refractivity contribution in [2.45, 2.75) is 6.42 Å². The van der Waals surface area contributed by atoms with Gasteiger partial charge >= 0.3 is 0 Å². The lowest BCUT2D eigenvalue weighted by molar-refractivity contribution is 0.539. The van der Waals surface area contributed by atoms with E-state index in [-0.39, 0.29) is 5.70 Å². The average Bonchev–Trinajstić information content (AvgIpc) is 2.14. The lowest BCUT2D eigenvalue weighted by Gasteiger charge is -1.99. The van der Waals surface area contributed by atoms with Gasteiger partial charge in [0.15, 0.2) is 0 Å². The van der Waals surface area contributed by atoms with Gasteiger partial charge in [0, 0.05) is 18.7 Å². The van der Waals surface area contributed by atoms with Crippen LogP contribution in [0.4, 0.5) is 4.39 Å². The second-order valence-electron chi connectivity index (χ2n) is 2.57. The minimum Gasteiger partial charge on any atom is -0.400 e. The molecule has 72 valence electrons. The predicted molar refractivity (Wildman–Crippen MR) is 53.7 cm³/mol. The van der Waals surface area contributed by atoms with Gasteiger partial charge in [-0.2, -0.15) is 0 Å². The van der Waals surface area contributed by atoms with E-state index in [2.05, 4.69) is 11.2 Å². The van der Waals surface area contributed by atoms with E-state index in [4.69, 9.17) is 12.2 Å². The maximum Gasteiger partial charge on any atom is 0.129 e. The molecule has 13 heavy (non-hydrogen) atoms. The minimum absolute atomic E-state index is 0.206. The van der Waals surface area contributed by atoms with Gasteiger partial charge in [0.25, 0.3) is 0 Å². The highest BCUT2D eigenvalue weighted by atomic mass is 19.1. The van der Waals surface area contributed by atoms with E-state index in [1.165, 1.54) is 0 Å². The number of hydrogen-bond donors (Lipinski definition) is 2. The Bertz CT molecular complexity index is 236. The van der Waals surface area contributed by atoms with Crippen molar-refractivity contribution in [1.29, 1.82) is 0 Å². The van der Waals surface area contributed by atoms with Gasteiger partial charge in [0.2, 0.25) is 0 Å². The normalized spacial score (nSPS) is 12.7. The van der Waals surface area contributed by atoms with E-state index in [9.17, 15) is 4.39 Å². The first kappa shape index (κ1) is 11.7. The van der Waals surface area contributed by atoms with Crippen molar-refractivity contribution in [2.75, 3.05) is 20.3 Å². The molecule has 0 atom stereocenters. The lowest BCUT2D eigenvalue weighted by atomic mass is 10.1. The Morgan fingerprint density at radius 2 is 2.38 bits per heavy atom. The molecule has 0 amide bonds. The summed E-state index contributed by atoms with van der Waals surface area (Å²) in [5, 5.41) is 2.94. The van der Waals surface area contributed by atoms with Gasteiger partial charge in [-0.15, -0.1) is 12.3 Å². The summed E-state index contributed by atoms with van der Waals surface area (Å²) in [6.45, 7) is 0.0640. The zero-order valence-electron chi connectivity index (χ0n) is 7.81. The summed E-state index contributed by atoms with van der Waals surface area (Å²) < 4.78 is 12.0. The molecule has 0 aliphatic heterocycles. The van der Waals surface area contributed by atoms with Crippen molar-refractivity contribution in [1.82, 2.24) is 5.32 Å². The number of hydrogen-bond acceptors (Lipinski definition) is 2. The van der Waals surface area contributed by atoms with Gasteiger partial charge in [-0.3, -0.25) is 0 Å². The lowest BCUT2D eigenvalue weighted by Crippen LogP contribution is -2.06. The molecule has 3 N–H and O–H groups in total. The summed E-state index contributed by atoms with van der Waals surface area (Å²) >= 11 is 0. The number of nitrogens with one attached hydrogen (secondary N) is 1. The topological polar surface area (TPSA) is 38.0 Å². The van der Waals surface area contributed by atoms with Gasteiger partial charge < -0.3 is 11.1 Å². The number of likely N-dealkylation sites (N-methyl/N-ethyl adjacent to an activating group) is 1. The molecule has 0 aliphatic rings. The monoisotopic (exact) mass is 182 g/mol. The second-order valence-corrected chi connectivity index (χ2v) is 2.57. The number of halogens is 1.